The van der Waals surface area contributed by atoms with Crippen LogP contribution in [0.1, 0.15) is 13.8 Å². The third kappa shape index (κ3) is 5.57. The van der Waals surface area contributed by atoms with Crippen LogP contribution in [-0.4, -0.2) is 45.8 Å². The van der Waals surface area contributed by atoms with Crippen molar-refractivity contribution in [3.8, 4) is 40.0 Å². The van der Waals surface area contributed by atoms with E-state index in [0.717, 1.165) is 5.56 Å². The normalized spacial score (nSPS) is 10.4. The van der Waals surface area contributed by atoms with Crippen LogP contribution in [0.4, 0.5) is 0 Å². The Morgan fingerprint density at radius 1 is 1.03 bits per heavy atom. The first-order valence-electron chi connectivity index (χ1n) is 9.69. The number of carbonyl (C=O) groups excluding carboxylic acids is 1. The van der Waals surface area contributed by atoms with Crippen molar-refractivity contribution in [2.75, 3.05) is 19.8 Å². The van der Waals surface area contributed by atoms with Crippen LogP contribution in [0.2, 0.25) is 0 Å². The minimum atomic E-state index is -0.474. The van der Waals surface area contributed by atoms with Gasteiger partial charge in [0, 0.05) is 11.6 Å². The van der Waals surface area contributed by atoms with E-state index in [1.165, 1.54) is 12.4 Å². The van der Waals surface area contributed by atoms with Gasteiger partial charge in [-0.1, -0.05) is 18.7 Å². The molecular formula is C23H23N3O5. The van der Waals surface area contributed by atoms with E-state index in [2.05, 4.69) is 21.5 Å². The number of benzene rings is 2. The molecular weight excluding hydrogens is 398 g/mol. The van der Waals surface area contributed by atoms with Crippen molar-refractivity contribution in [1.29, 1.82) is 0 Å². The molecule has 31 heavy (non-hydrogen) atoms. The Hall–Kier alpha value is -3.94. The summed E-state index contributed by atoms with van der Waals surface area (Å²) in [6.45, 7) is 7.72. The Bertz CT molecular complexity index is 1080. The molecule has 1 heterocycles. The molecule has 0 aliphatic rings. The van der Waals surface area contributed by atoms with Crippen molar-refractivity contribution < 1.29 is 24.1 Å². The number of para-hydroxylation sites is 1. The molecule has 0 saturated heterocycles. The average Bonchev–Trinajstić information content (AvgIpc) is 2.77. The second kappa shape index (κ2) is 10.2. The zero-order chi connectivity index (χ0) is 22.2. The van der Waals surface area contributed by atoms with E-state index in [4.69, 9.17) is 14.2 Å². The maximum atomic E-state index is 11.4. The highest BCUT2D eigenvalue weighted by atomic mass is 16.6. The number of aromatic nitrogens is 3. The molecule has 1 N–H and O–H groups in total. The van der Waals surface area contributed by atoms with Crippen molar-refractivity contribution in [1.82, 2.24) is 15.0 Å². The first-order valence-corrected chi connectivity index (χ1v) is 9.69. The van der Waals surface area contributed by atoms with Crippen LogP contribution in [0.25, 0.3) is 22.8 Å². The largest absolute Gasteiger partial charge is 0.507 e. The molecule has 0 fully saturated rings. The molecule has 2 aromatic carbocycles. The van der Waals surface area contributed by atoms with Gasteiger partial charge in [-0.25, -0.2) is 19.7 Å². The number of hydrogen-bond donors (Lipinski definition) is 1. The van der Waals surface area contributed by atoms with Gasteiger partial charge in [0.2, 0.25) is 0 Å². The Morgan fingerprint density at radius 3 is 2.48 bits per heavy atom. The van der Waals surface area contributed by atoms with Crippen LogP contribution in [0.15, 0.2) is 60.9 Å². The first-order chi connectivity index (χ1) is 15.0. The minimum Gasteiger partial charge on any atom is -0.507 e. The van der Waals surface area contributed by atoms with Crippen molar-refractivity contribution in [2.45, 2.75) is 13.8 Å². The van der Waals surface area contributed by atoms with E-state index in [1.807, 2.05) is 31.2 Å². The molecule has 1 aromatic heterocycles. The highest BCUT2D eigenvalue weighted by Gasteiger charge is 2.14. The lowest BCUT2D eigenvalue weighted by atomic mass is 10.1. The molecule has 160 valence electrons. The quantitative estimate of drug-likeness (QED) is 0.316. The summed E-state index contributed by atoms with van der Waals surface area (Å²) in [7, 11) is 0. The molecule has 0 aliphatic carbocycles. The summed E-state index contributed by atoms with van der Waals surface area (Å²) in [6, 6.07) is 12.2. The molecule has 3 rings (SSSR count). The molecule has 3 aromatic rings. The van der Waals surface area contributed by atoms with E-state index in [9.17, 15) is 9.90 Å². The Labute approximate surface area is 180 Å². The molecule has 0 spiro atoms. The number of hydrogen-bond acceptors (Lipinski definition) is 8. The molecule has 0 amide bonds. The summed E-state index contributed by atoms with van der Waals surface area (Å²) in [4.78, 5) is 24.3. The first kappa shape index (κ1) is 21.8. The molecule has 0 unspecified atom stereocenters. The Balaban J connectivity index is 1.74. The SMILES string of the molecule is C=C(C)C(=O)OCCOc1ccc(-c2ncnc(-c3ccccc3OCC)n2)c(O)c1. The van der Waals surface area contributed by atoms with E-state index in [0.29, 0.717) is 40.9 Å². The zero-order valence-corrected chi connectivity index (χ0v) is 17.4. The van der Waals surface area contributed by atoms with E-state index >= 15 is 0 Å². The standard InChI is InChI=1S/C23H23N3O5/c1-4-29-20-8-6-5-7-18(20)22-25-14-24-21(26-22)17-10-9-16(13-19(17)27)30-11-12-31-23(28)15(2)3/h5-10,13-14,27H,2,4,11-12H2,1,3H3. The van der Waals surface area contributed by atoms with Gasteiger partial charge in [-0.05, 0) is 38.1 Å². The fraction of sp³-hybridized carbons (Fsp3) is 0.217. The number of esters is 1. The highest BCUT2D eigenvalue weighted by Crippen LogP contribution is 2.32. The summed E-state index contributed by atoms with van der Waals surface area (Å²) in [5.74, 6) is 1.32. The number of carbonyl (C=O) groups is 1. The van der Waals surface area contributed by atoms with Crippen molar-refractivity contribution in [3.63, 3.8) is 0 Å². The summed E-state index contributed by atoms with van der Waals surface area (Å²) in [5, 5.41) is 10.5. The predicted octanol–water partition coefficient (Wildman–Crippen LogP) is 3.81. The summed E-state index contributed by atoms with van der Waals surface area (Å²) in [6.07, 6.45) is 1.39. The van der Waals surface area contributed by atoms with Gasteiger partial charge < -0.3 is 19.3 Å². The maximum absolute atomic E-state index is 11.4. The smallest absolute Gasteiger partial charge is 0.333 e. The molecule has 0 radical (unpaired) electrons. The number of rotatable bonds is 9. The fourth-order valence-corrected chi connectivity index (χ4v) is 2.70. The van der Waals surface area contributed by atoms with Gasteiger partial charge >= 0.3 is 5.97 Å². The number of phenolic OH excluding ortho intramolecular Hbond substituents is 1. The van der Waals surface area contributed by atoms with Gasteiger partial charge in [0.25, 0.3) is 0 Å². The van der Waals surface area contributed by atoms with E-state index in [-0.39, 0.29) is 19.0 Å². The summed E-state index contributed by atoms with van der Waals surface area (Å²) >= 11 is 0. The van der Waals surface area contributed by atoms with Gasteiger partial charge in [-0.3, -0.25) is 0 Å². The van der Waals surface area contributed by atoms with Gasteiger partial charge in [-0.15, -0.1) is 0 Å². The Kier molecular flexibility index (Phi) is 7.16. The van der Waals surface area contributed by atoms with Crippen LogP contribution in [0, 0.1) is 0 Å². The van der Waals surface area contributed by atoms with Crippen LogP contribution in [0.5, 0.6) is 17.2 Å². The molecule has 0 bridgehead atoms. The third-order valence-corrected chi connectivity index (χ3v) is 4.14. The number of phenols is 1. The third-order valence-electron chi connectivity index (χ3n) is 4.14. The van der Waals surface area contributed by atoms with Crippen LogP contribution < -0.4 is 9.47 Å². The fourth-order valence-electron chi connectivity index (χ4n) is 2.70. The molecule has 0 atom stereocenters. The second-order valence-electron chi connectivity index (χ2n) is 6.51. The second-order valence-corrected chi connectivity index (χ2v) is 6.51. The summed E-state index contributed by atoms with van der Waals surface area (Å²) < 4.78 is 16.1. The highest BCUT2D eigenvalue weighted by molar-refractivity contribution is 5.86. The lowest BCUT2D eigenvalue weighted by Crippen LogP contribution is -2.12. The van der Waals surface area contributed by atoms with E-state index < -0.39 is 5.97 Å². The molecule has 0 saturated carbocycles. The lowest BCUT2D eigenvalue weighted by molar-refractivity contribution is -0.139. The van der Waals surface area contributed by atoms with E-state index in [1.54, 1.807) is 19.1 Å². The molecule has 0 aliphatic heterocycles. The lowest BCUT2D eigenvalue weighted by Gasteiger charge is -2.11. The van der Waals surface area contributed by atoms with Gasteiger partial charge in [0.15, 0.2) is 11.6 Å². The van der Waals surface area contributed by atoms with Crippen LogP contribution >= 0.6 is 0 Å². The summed E-state index contributed by atoms with van der Waals surface area (Å²) in [5.41, 5.74) is 1.48. The topological polar surface area (TPSA) is 104 Å². The minimum absolute atomic E-state index is 0.0494. The molecule has 8 heteroatoms. The number of aromatic hydroxyl groups is 1. The van der Waals surface area contributed by atoms with Crippen LogP contribution in [0.3, 0.4) is 0 Å². The monoisotopic (exact) mass is 421 g/mol. The van der Waals surface area contributed by atoms with Crippen molar-refractivity contribution in [3.05, 3.63) is 60.9 Å². The van der Waals surface area contributed by atoms with Gasteiger partial charge in [0.05, 0.1) is 17.7 Å². The predicted molar refractivity (Wildman–Crippen MR) is 115 cm³/mol. The van der Waals surface area contributed by atoms with Gasteiger partial charge in [-0.2, -0.15) is 0 Å². The van der Waals surface area contributed by atoms with Crippen molar-refractivity contribution >= 4 is 5.97 Å². The zero-order valence-electron chi connectivity index (χ0n) is 17.4. The average molecular weight is 421 g/mol. The van der Waals surface area contributed by atoms with Gasteiger partial charge in [0.1, 0.15) is 36.8 Å². The Morgan fingerprint density at radius 2 is 1.77 bits per heavy atom. The van der Waals surface area contributed by atoms with Crippen molar-refractivity contribution in [2.24, 2.45) is 0 Å². The molecule has 8 nitrogen and oxygen atoms in total. The number of ether oxygens (including phenoxy) is 3. The van der Waals surface area contributed by atoms with Crippen LogP contribution in [-0.2, 0) is 9.53 Å². The maximum Gasteiger partial charge on any atom is 0.333 e. The number of nitrogens with zero attached hydrogens (tertiary/aromatic N) is 3.